The number of alkyl halides is 3. The molecule has 0 saturated heterocycles. The summed E-state index contributed by atoms with van der Waals surface area (Å²) < 4.78 is 61.4. The summed E-state index contributed by atoms with van der Waals surface area (Å²) in [4.78, 5) is 1.95. The molecule has 5 nitrogen and oxygen atoms in total. The fraction of sp³-hybridized carbons (Fsp3) is 0.167. The Labute approximate surface area is 103 Å². The number of pyridine rings is 1. The van der Waals surface area contributed by atoms with Crippen molar-refractivity contribution >= 4 is 37.0 Å². The molecule has 1 rings (SSSR count). The molecule has 0 saturated carbocycles. The lowest BCUT2D eigenvalue weighted by atomic mass is 10.4. The maximum Gasteiger partial charge on any atom is 0.574 e. The number of ether oxygens (including phenoxy) is 1. The minimum atomic E-state index is -5.14. The van der Waals surface area contributed by atoms with Crippen LogP contribution in [0.5, 0.6) is 5.88 Å². The second kappa shape index (κ2) is 4.39. The molecule has 0 aromatic carbocycles. The van der Waals surface area contributed by atoms with Crippen molar-refractivity contribution in [3.63, 3.8) is 0 Å². The number of rotatable bonds is 2. The summed E-state index contributed by atoms with van der Waals surface area (Å²) >= 11 is 5.42. The number of aromatic nitrogens is 1. The van der Waals surface area contributed by atoms with Gasteiger partial charge in [0.2, 0.25) is 5.88 Å². The molecule has 1 aromatic rings. The predicted octanol–water partition coefficient (Wildman–Crippen LogP) is 2.14. The lowest BCUT2D eigenvalue weighted by Crippen LogP contribution is -2.20. The van der Waals surface area contributed by atoms with Gasteiger partial charge in [0.05, 0.1) is 16.9 Å². The van der Waals surface area contributed by atoms with Gasteiger partial charge in [-0.25, -0.2) is 13.4 Å². The number of hydrogen-bond acceptors (Lipinski definition) is 5. The molecule has 1 heterocycles. The molecule has 17 heavy (non-hydrogen) atoms. The van der Waals surface area contributed by atoms with Crippen molar-refractivity contribution in [3.8, 4) is 5.88 Å². The zero-order chi connectivity index (χ0) is 13.4. The summed E-state index contributed by atoms with van der Waals surface area (Å²) in [5.41, 5.74) is 4.54. The topological polar surface area (TPSA) is 82.3 Å². The molecule has 0 atom stereocenters. The van der Waals surface area contributed by atoms with E-state index >= 15 is 0 Å². The van der Waals surface area contributed by atoms with E-state index < -0.39 is 31.9 Å². The smallest absolute Gasteiger partial charge is 0.396 e. The average molecular weight is 311 g/mol. The lowest BCUT2D eigenvalue weighted by Gasteiger charge is -2.12. The van der Waals surface area contributed by atoms with Crippen LogP contribution in [0, 0.1) is 0 Å². The van der Waals surface area contributed by atoms with Gasteiger partial charge in [-0.1, -0.05) is 11.6 Å². The molecule has 0 unspecified atom stereocenters. The van der Waals surface area contributed by atoms with E-state index in [1.54, 1.807) is 0 Å². The Morgan fingerprint density at radius 3 is 2.35 bits per heavy atom. The number of hydrogen-bond donors (Lipinski definition) is 1. The van der Waals surface area contributed by atoms with Crippen LogP contribution in [-0.2, 0) is 9.05 Å². The lowest BCUT2D eigenvalue weighted by molar-refractivity contribution is -0.277. The summed E-state index contributed by atoms with van der Waals surface area (Å²) in [6.07, 6.45) is -4.42. The molecule has 0 fully saturated rings. The quantitative estimate of drug-likeness (QED) is 0.846. The monoisotopic (exact) mass is 310 g/mol. The Morgan fingerprint density at radius 2 is 1.94 bits per heavy atom. The van der Waals surface area contributed by atoms with Crippen LogP contribution < -0.4 is 10.5 Å². The van der Waals surface area contributed by atoms with Crippen LogP contribution in [0.4, 0.5) is 18.9 Å². The van der Waals surface area contributed by atoms with E-state index in [0.29, 0.717) is 6.20 Å². The minimum absolute atomic E-state index is 0.362. The number of nitrogens with two attached hydrogens (primary N) is 1. The van der Waals surface area contributed by atoms with Crippen LogP contribution in [0.15, 0.2) is 11.1 Å². The Balaban J connectivity index is 3.47. The molecule has 2 N–H and O–H groups in total. The standard InChI is InChI=1S/C6H3Cl2F3N2O3S/c7-2-1-13-5(16-6(9,10)11)4(3(2)12)17(8,14)15/h1H,(H2,12,13). The van der Waals surface area contributed by atoms with Crippen molar-refractivity contribution < 1.29 is 26.3 Å². The summed E-state index contributed by atoms with van der Waals surface area (Å²) in [6.45, 7) is 0. The largest absolute Gasteiger partial charge is 0.574 e. The van der Waals surface area contributed by atoms with Crippen molar-refractivity contribution in [2.45, 2.75) is 11.3 Å². The Hall–Kier alpha value is -0.930. The van der Waals surface area contributed by atoms with E-state index in [4.69, 9.17) is 28.0 Å². The van der Waals surface area contributed by atoms with E-state index in [0.717, 1.165) is 0 Å². The molecule has 0 spiro atoms. The van der Waals surface area contributed by atoms with Gasteiger partial charge in [-0.15, -0.1) is 13.2 Å². The second-order valence-electron chi connectivity index (χ2n) is 2.64. The van der Waals surface area contributed by atoms with Crippen LogP contribution in [-0.4, -0.2) is 19.8 Å². The van der Waals surface area contributed by atoms with Crippen molar-refractivity contribution in [1.29, 1.82) is 0 Å². The van der Waals surface area contributed by atoms with Gasteiger partial charge in [0.25, 0.3) is 9.05 Å². The fourth-order valence-electron chi connectivity index (χ4n) is 0.885. The van der Waals surface area contributed by atoms with E-state index in [1.165, 1.54) is 0 Å². The van der Waals surface area contributed by atoms with Crippen LogP contribution in [0.3, 0.4) is 0 Å². The Kier molecular flexibility index (Phi) is 3.65. The molecule has 0 aliphatic heterocycles. The normalized spacial score (nSPS) is 12.5. The third-order valence-corrected chi connectivity index (χ3v) is 3.09. The fourth-order valence-corrected chi connectivity index (χ4v) is 2.21. The maximum absolute atomic E-state index is 12.0. The first-order valence-electron chi connectivity index (χ1n) is 3.67. The number of nitrogens with zero attached hydrogens (tertiary/aromatic N) is 1. The third-order valence-electron chi connectivity index (χ3n) is 1.45. The SMILES string of the molecule is Nc1c(Cl)cnc(OC(F)(F)F)c1S(=O)(=O)Cl. The first-order valence-corrected chi connectivity index (χ1v) is 6.35. The maximum atomic E-state index is 12.0. The van der Waals surface area contributed by atoms with Gasteiger partial charge >= 0.3 is 6.36 Å². The van der Waals surface area contributed by atoms with Crippen LogP contribution in [0.25, 0.3) is 0 Å². The molecule has 0 bridgehead atoms. The van der Waals surface area contributed by atoms with Crippen LogP contribution in [0.1, 0.15) is 0 Å². The molecular weight excluding hydrogens is 308 g/mol. The Morgan fingerprint density at radius 1 is 1.41 bits per heavy atom. The highest BCUT2D eigenvalue weighted by Gasteiger charge is 2.36. The zero-order valence-corrected chi connectivity index (χ0v) is 9.95. The van der Waals surface area contributed by atoms with Crippen molar-refractivity contribution in [2.24, 2.45) is 0 Å². The van der Waals surface area contributed by atoms with E-state index in [1.807, 2.05) is 0 Å². The highest BCUT2D eigenvalue weighted by molar-refractivity contribution is 8.14. The summed E-state index contributed by atoms with van der Waals surface area (Å²) in [5, 5.41) is -0.362. The van der Waals surface area contributed by atoms with E-state index in [9.17, 15) is 21.6 Å². The van der Waals surface area contributed by atoms with Crippen molar-refractivity contribution in [3.05, 3.63) is 11.2 Å². The van der Waals surface area contributed by atoms with Crippen LogP contribution >= 0.6 is 22.3 Å². The summed E-state index contributed by atoms with van der Waals surface area (Å²) in [7, 11) is 0.332. The van der Waals surface area contributed by atoms with Gasteiger partial charge < -0.3 is 10.5 Å². The van der Waals surface area contributed by atoms with E-state index in [2.05, 4.69) is 9.72 Å². The number of nitrogen functional groups attached to an aromatic ring is 1. The molecule has 1 aromatic heterocycles. The molecule has 0 radical (unpaired) electrons. The first-order chi connectivity index (χ1) is 7.52. The van der Waals surface area contributed by atoms with Gasteiger partial charge in [0.15, 0.2) is 4.90 Å². The molecule has 0 aliphatic carbocycles. The highest BCUT2D eigenvalue weighted by atomic mass is 35.7. The zero-order valence-electron chi connectivity index (χ0n) is 7.62. The van der Waals surface area contributed by atoms with Gasteiger partial charge in [0, 0.05) is 10.7 Å². The van der Waals surface area contributed by atoms with Crippen molar-refractivity contribution in [1.82, 2.24) is 4.98 Å². The summed E-state index contributed by atoms with van der Waals surface area (Å²) in [5.74, 6) is -1.28. The summed E-state index contributed by atoms with van der Waals surface area (Å²) in [6, 6.07) is 0. The molecule has 96 valence electrons. The van der Waals surface area contributed by atoms with Gasteiger partial charge in [-0.05, 0) is 0 Å². The second-order valence-corrected chi connectivity index (χ2v) is 5.55. The first kappa shape index (κ1) is 14.1. The molecule has 0 aliphatic rings. The Bertz CT molecular complexity index is 546. The minimum Gasteiger partial charge on any atom is -0.396 e. The molecule has 0 amide bonds. The highest BCUT2D eigenvalue weighted by Crippen LogP contribution is 2.37. The average Bonchev–Trinajstić information content (AvgIpc) is 2.06. The molecule has 11 heteroatoms. The molecular formula is C6H3Cl2F3N2O3S. The third kappa shape index (κ3) is 3.51. The van der Waals surface area contributed by atoms with Gasteiger partial charge in [-0.2, -0.15) is 0 Å². The number of anilines is 1. The predicted molar refractivity (Wildman–Crippen MR) is 53.4 cm³/mol. The van der Waals surface area contributed by atoms with Gasteiger partial charge in [0.1, 0.15) is 0 Å². The number of halogens is 5. The van der Waals surface area contributed by atoms with E-state index in [-0.39, 0.29) is 5.02 Å². The van der Waals surface area contributed by atoms with Crippen molar-refractivity contribution in [2.75, 3.05) is 5.73 Å². The van der Waals surface area contributed by atoms with Gasteiger partial charge in [-0.3, -0.25) is 0 Å². The van der Waals surface area contributed by atoms with Crippen LogP contribution in [0.2, 0.25) is 5.02 Å².